The van der Waals surface area contributed by atoms with Gasteiger partial charge in [0.15, 0.2) is 0 Å². The molecule has 2 atom stereocenters. The van der Waals surface area contributed by atoms with Crippen LogP contribution in [0.3, 0.4) is 0 Å². The normalized spacial score (nSPS) is 15.2. The Kier molecular flexibility index (Phi) is 11.0. The van der Waals surface area contributed by atoms with Crippen LogP contribution in [-0.2, 0) is 0 Å². The first-order valence-corrected chi connectivity index (χ1v) is 7.70. The second-order valence-corrected chi connectivity index (χ2v) is 6.15. The van der Waals surface area contributed by atoms with E-state index in [2.05, 4.69) is 27.7 Å². The van der Waals surface area contributed by atoms with E-state index in [1.165, 1.54) is 44.9 Å². The molecule has 0 saturated carbocycles. The van der Waals surface area contributed by atoms with Crippen LogP contribution in [0.4, 0.5) is 0 Å². The van der Waals surface area contributed by atoms with Crippen LogP contribution in [0.1, 0.15) is 79.1 Å². The fraction of sp³-hybridized carbons (Fsp3) is 1.00. The molecule has 1 heteroatoms. The van der Waals surface area contributed by atoms with E-state index in [-0.39, 0.29) is 0 Å². The zero-order chi connectivity index (χ0) is 13.1. The van der Waals surface area contributed by atoms with E-state index >= 15 is 0 Å². The van der Waals surface area contributed by atoms with Gasteiger partial charge in [0.25, 0.3) is 0 Å². The minimum absolute atomic E-state index is 0.364. The van der Waals surface area contributed by atoms with E-state index in [1.807, 2.05) is 0 Å². The second-order valence-electron chi connectivity index (χ2n) is 6.15. The maximum atomic E-state index is 8.94. The van der Waals surface area contributed by atoms with Gasteiger partial charge in [-0.2, -0.15) is 0 Å². The highest BCUT2D eigenvalue weighted by atomic mass is 16.3. The summed E-state index contributed by atoms with van der Waals surface area (Å²) < 4.78 is 0. The Bertz CT molecular complexity index is 154. The molecule has 104 valence electrons. The molecule has 0 saturated heterocycles. The molecule has 17 heavy (non-hydrogen) atoms. The first kappa shape index (κ1) is 17.0. The Balaban J connectivity index is 3.45. The summed E-state index contributed by atoms with van der Waals surface area (Å²) in [4.78, 5) is 0. The van der Waals surface area contributed by atoms with Crippen LogP contribution >= 0.6 is 0 Å². The van der Waals surface area contributed by atoms with Gasteiger partial charge >= 0.3 is 0 Å². The average Bonchev–Trinajstić information content (AvgIpc) is 2.27. The first-order valence-electron chi connectivity index (χ1n) is 7.70. The first-order chi connectivity index (χ1) is 8.10. The second kappa shape index (κ2) is 11.1. The van der Waals surface area contributed by atoms with E-state index in [9.17, 15) is 0 Å². The zero-order valence-electron chi connectivity index (χ0n) is 12.5. The number of hydrogen-bond donors (Lipinski definition) is 1. The monoisotopic (exact) mass is 242 g/mol. The van der Waals surface area contributed by atoms with E-state index < -0.39 is 0 Å². The van der Waals surface area contributed by atoms with Gasteiger partial charge in [0.1, 0.15) is 0 Å². The molecule has 0 rings (SSSR count). The smallest absolute Gasteiger partial charge is 0.0433 e. The predicted molar refractivity (Wildman–Crippen MR) is 77.2 cm³/mol. The molecule has 0 heterocycles. The summed E-state index contributed by atoms with van der Waals surface area (Å²) in [5.41, 5.74) is 0. The molecule has 1 nitrogen and oxygen atoms in total. The highest BCUT2D eigenvalue weighted by Gasteiger charge is 2.07. The van der Waals surface area contributed by atoms with Crippen LogP contribution in [0, 0.1) is 17.8 Å². The zero-order valence-corrected chi connectivity index (χ0v) is 12.5. The van der Waals surface area contributed by atoms with Crippen LogP contribution < -0.4 is 0 Å². The SMILES string of the molecule is CCC(CCO)CCCC(C)CCCC(C)C. The lowest BCUT2D eigenvalue weighted by Crippen LogP contribution is -2.03. The predicted octanol–water partition coefficient (Wildman–Crippen LogP) is 5.03. The Hall–Kier alpha value is -0.0400. The molecule has 0 radical (unpaired) electrons. The summed E-state index contributed by atoms with van der Waals surface area (Å²) in [6.45, 7) is 9.62. The van der Waals surface area contributed by atoms with Gasteiger partial charge in [-0.25, -0.2) is 0 Å². The Labute approximate surface area is 109 Å². The number of hydrogen-bond acceptors (Lipinski definition) is 1. The van der Waals surface area contributed by atoms with Crippen molar-refractivity contribution in [2.75, 3.05) is 6.61 Å². The number of aliphatic hydroxyl groups is 1. The molecular formula is C16H34O. The van der Waals surface area contributed by atoms with Gasteiger partial charge in [-0.1, -0.05) is 72.6 Å². The van der Waals surface area contributed by atoms with Gasteiger partial charge in [0.2, 0.25) is 0 Å². The van der Waals surface area contributed by atoms with Crippen LogP contribution in [0.5, 0.6) is 0 Å². The molecule has 0 aromatic rings. The molecule has 2 unspecified atom stereocenters. The highest BCUT2D eigenvalue weighted by Crippen LogP contribution is 2.21. The molecule has 0 aromatic heterocycles. The van der Waals surface area contributed by atoms with Gasteiger partial charge < -0.3 is 5.11 Å². The van der Waals surface area contributed by atoms with Gasteiger partial charge in [0, 0.05) is 6.61 Å². The average molecular weight is 242 g/mol. The Morgan fingerprint density at radius 3 is 1.88 bits per heavy atom. The lowest BCUT2D eigenvalue weighted by atomic mass is 9.91. The van der Waals surface area contributed by atoms with Crippen molar-refractivity contribution in [3.63, 3.8) is 0 Å². The Morgan fingerprint density at radius 1 is 0.824 bits per heavy atom. The van der Waals surface area contributed by atoms with E-state index in [0.717, 1.165) is 24.2 Å². The van der Waals surface area contributed by atoms with Gasteiger partial charge in [0.05, 0.1) is 0 Å². The summed E-state index contributed by atoms with van der Waals surface area (Å²) in [7, 11) is 0. The molecular weight excluding hydrogens is 208 g/mol. The van der Waals surface area contributed by atoms with Crippen molar-refractivity contribution in [3.05, 3.63) is 0 Å². The largest absolute Gasteiger partial charge is 0.396 e. The lowest BCUT2D eigenvalue weighted by molar-refractivity contribution is 0.245. The fourth-order valence-corrected chi connectivity index (χ4v) is 2.51. The maximum Gasteiger partial charge on any atom is 0.0433 e. The molecule has 0 fully saturated rings. The third-order valence-electron chi connectivity index (χ3n) is 3.90. The van der Waals surface area contributed by atoms with Crippen LogP contribution in [-0.4, -0.2) is 11.7 Å². The minimum Gasteiger partial charge on any atom is -0.396 e. The molecule has 1 N–H and O–H groups in total. The topological polar surface area (TPSA) is 20.2 Å². The summed E-state index contributed by atoms with van der Waals surface area (Å²) in [6, 6.07) is 0. The van der Waals surface area contributed by atoms with Crippen LogP contribution in [0.25, 0.3) is 0 Å². The fourth-order valence-electron chi connectivity index (χ4n) is 2.51. The molecule has 0 aliphatic heterocycles. The quantitative estimate of drug-likeness (QED) is 0.539. The van der Waals surface area contributed by atoms with Gasteiger partial charge in [-0.3, -0.25) is 0 Å². The summed E-state index contributed by atoms with van der Waals surface area (Å²) in [6.07, 6.45) is 10.4. The van der Waals surface area contributed by atoms with Crippen molar-refractivity contribution in [1.29, 1.82) is 0 Å². The maximum absolute atomic E-state index is 8.94. The third-order valence-corrected chi connectivity index (χ3v) is 3.90. The van der Waals surface area contributed by atoms with Crippen LogP contribution in [0.15, 0.2) is 0 Å². The summed E-state index contributed by atoms with van der Waals surface area (Å²) >= 11 is 0. The number of rotatable bonds is 11. The molecule has 0 spiro atoms. The van der Waals surface area contributed by atoms with Crippen molar-refractivity contribution in [2.45, 2.75) is 79.1 Å². The van der Waals surface area contributed by atoms with Crippen molar-refractivity contribution in [2.24, 2.45) is 17.8 Å². The van der Waals surface area contributed by atoms with E-state index in [0.29, 0.717) is 6.61 Å². The van der Waals surface area contributed by atoms with E-state index in [1.54, 1.807) is 0 Å². The molecule has 0 aliphatic rings. The van der Waals surface area contributed by atoms with Crippen molar-refractivity contribution in [3.8, 4) is 0 Å². The summed E-state index contributed by atoms with van der Waals surface area (Å²) in [5, 5.41) is 8.94. The van der Waals surface area contributed by atoms with E-state index in [4.69, 9.17) is 5.11 Å². The molecule has 0 bridgehead atoms. The Morgan fingerprint density at radius 2 is 1.41 bits per heavy atom. The van der Waals surface area contributed by atoms with Crippen molar-refractivity contribution >= 4 is 0 Å². The van der Waals surface area contributed by atoms with Crippen molar-refractivity contribution < 1.29 is 5.11 Å². The van der Waals surface area contributed by atoms with Gasteiger partial charge in [-0.05, 0) is 24.2 Å². The molecule has 0 aromatic carbocycles. The minimum atomic E-state index is 0.364. The lowest BCUT2D eigenvalue weighted by Gasteiger charge is -2.16. The molecule has 0 aliphatic carbocycles. The van der Waals surface area contributed by atoms with Gasteiger partial charge in [-0.15, -0.1) is 0 Å². The van der Waals surface area contributed by atoms with Crippen molar-refractivity contribution in [1.82, 2.24) is 0 Å². The number of aliphatic hydroxyl groups excluding tert-OH is 1. The summed E-state index contributed by atoms with van der Waals surface area (Å²) in [5.74, 6) is 2.50. The van der Waals surface area contributed by atoms with Crippen LogP contribution in [0.2, 0.25) is 0 Å². The highest BCUT2D eigenvalue weighted by molar-refractivity contribution is 4.60. The standard InChI is InChI=1S/C16H34O/c1-5-16(12-13-17)11-7-10-15(4)9-6-8-14(2)3/h14-17H,5-13H2,1-4H3. The third kappa shape index (κ3) is 10.8. The molecule has 0 amide bonds.